The fourth-order valence-electron chi connectivity index (χ4n) is 2.09. The summed E-state index contributed by atoms with van der Waals surface area (Å²) in [5.74, 6) is -1.07. The van der Waals surface area contributed by atoms with Crippen molar-refractivity contribution in [3.63, 3.8) is 0 Å². The summed E-state index contributed by atoms with van der Waals surface area (Å²) in [6.07, 6.45) is 1.98. The van der Waals surface area contributed by atoms with E-state index in [2.05, 4.69) is 13.8 Å². The van der Waals surface area contributed by atoms with Gasteiger partial charge >= 0.3 is 5.97 Å². The average molecular weight is 241 g/mol. The first-order valence-corrected chi connectivity index (χ1v) is 5.55. The molecule has 0 aromatic carbocycles. The number of amides is 1. The second kappa shape index (κ2) is 5.31. The minimum Gasteiger partial charge on any atom is -0.478 e. The van der Waals surface area contributed by atoms with E-state index in [-0.39, 0.29) is 17.2 Å². The van der Waals surface area contributed by atoms with Gasteiger partial charge in [0.2, 0.25) is 5.91 Å². The van der Waals surface area contributed by atoms with Gasteiger partial charge in [-0.25, -0.2) is 4.79 Å². The van der Waals surface area contributed by atoms with E-state index in [0.717, 1.165) is 12.2 Å². The van der Waals surface area contributed by atoms with Crippen molar-refractivity contribution < 1.29 is 19.4 Å². The highest BCUT2D eigenvalue weighted by Crippen LogP contribution is 2.35. The summed E-state index contributed by atoms with van der Waals surface area (Å²) < 4.78 is 5.14. The van der Waals surface area contributed by atoms with Crippen molar-refractivity contribution in [2.24, 2.45) is 11.3 Å². The molecule has 1 amide bonds. The first kappa shape index (κ1) is 13.7. The van der Waals surface area contributed by atoms with Crippen LogP contribution in [0.1, 0.15) is 13.8 Å². The summed E-state index contributed by atoms with van der Waals surface area (Å²) in [4.78, 5) is 23.7. The standard InChI is InChI=1S/C12H19NO4/c1-12(2)8-13(6-9(12)7-17-3)10(14)4-5-11(15)16/h4-5,9H,6-8H2,1-3H3,(H,15,16)/b5-4+/t9-/m0/s1. The Hall–Kier alpha value is -1.36. The number of methoxy groups -OCH3 is 1. The van der Waals surface area contributed by atoms with Gasteiger partial charge in [0.1, 0.15) is 0 Å². The van der Waals surface area contributed by atoms with Crippen LogP contribution in [0.2, 0.25) is 0 Å². The average Bonchev–Trinajstić information content (AvgIpc) is 2.52. The van der Waals surface area contributed by atoms with Gasteiger partial charge in [0.25, 0.3) is 0 Å². The Balaban J connectivity index is 2.64. The van der Waals surface area contributed by atoms with E-state index in [0.29, 0.717) is 19.7 Å². The Morgan fingerprint density at radius 3 is 2.65 bits per heavy atom. The Bertz CT molecular complexity index is 335. The Kier molecular flexibility index (Phi) is 4.28. The highest BCUT2D eigenvalue weighted by atomic mass is 16.5. The van der Waals surface area contributed by atoms with Crippen LogP contribution >= 0.6 is 0 Å². The van der Waals surface area contributed by atoms with Crippen molar-refractivity contribution in [2.75, 3.05) is 26.8 Å². The fourth-order valence-corrected chi connectivity index (χ4v) is 2.09. The lowest BCUT2D eigenvalue weighted by atomic mass is 9.83. The van der Waals surface area contributed by atoms with Crippen molar-refractivity contribution in [1.82, 2.24) is 4.90 Å². The van der Waals surface area contributed by atoms with Gasteiger partial charge in [-0.1, -0.05) is 13.8 Å². The van der Waals surface area contributed by atoms with Crippen LogP contribution in [0.4, 0.5) is 0 Å². The van der Waals surface area contributed by atoms with Crippen molar-refractivity contribution >= 4 is 11.9 Å². The van der Waals surface area contributed by atoms with E-state index in [1.165, 1.54) is 0 Å². The molecule has 0 aromatic heterocycles. The molecule has 1 heterocycles. The first-order valence-electron chi connectivity index (χ1n) is 5.55. The van der Waals surface area contributed by atoms with Crippen LogP contribution in [-0.2, 0) is 14.3 Å². The number of ether oxygens (including phenoxy) is 1. The molecular formula is C12H19NO4. The summed E-state index contributed by atoms with van der Waals surface area (Å²) in [6.45, 7) is 6.03. The minimum atomic E-state index is -1.11. The summed E-state index contributed by atoms with van der Waals surface area (Å²) in [6, 6.07) is 0. The minimum absolute atomic E-state index is 0.00271. The van der Waals surface area contributed by atoms with Crippen molar-refractivity contribution in [3.8, 4) is 0 Å². The van der Waals surface area contributed by atoms with Crippen LogP contribution in [0.15, 0.2) is 12.2 Å². The van der Waals surface area contributed by atoms with Crippen LogP contribution in [-0.4, -0.2) is 48.7 Å². The van der Waals surface area contributed by atoms with Crippen LogP contribution in [0.3, 0.4) is 0 Å². The lowest BCUT2D eigenvalue weighted by Gasteiger charge is -2.24. The molecule has 96 valence electrons. The van der Waals surface area contributed by atoms with Gasteiger partial charge in [-0.3, -0.25) is 4.79 Å². The van der Waals surface area contributed by atoms with Gasteiger partial charge in [-0.05, 0) is 5.41 Å². The SMILES string of the molecule is COC[C@@H]1CN(C(=O)/C=C/C(=O)O)CC1(C)C. The lowest BCUT2D eigenvalue weighted by molar-refractivity contribution is -0.132. The van der Waals surface area contributed by atoms with E-state index >= 15 is 0 Å². The molecule has 1 saturated heterocycles. The number of carboxylic acids is 1. The normalized spacial score (nSPS) is 23.2. The topological polar surface area (TPSA) is 66.8 Å². The molecule has 1 aliphatic heterocycles. The third-order valence-electron chi connectivity index (χ3n) is 3.19. The zero-order chi connectivity index (χ0) is 13.1. The molecule has 1 rings (SSSR count). The second-order valence-electron chi connectivity index (χ2n) is 5.03. The van der Waals surface area contributed by atoms with Crippen LogP contribution in [0, 0.1) is 11.3 Å². The van der Waals surface area contributed by atoms with E-state index in [1.807, 2.05) is 0 Å². The van der Waals surface area contributed by atoms with Crippen LogP contribution in [0.25, 0.3) is 0 Å². The lowest BCUT2D eigenvalue weighted by Crippen LogP contribution is -2.28. The monoisotopic (exact) mass is 241 g/mol. The first-order chi connectivity index (χ1) is 7.86. The van der Waals surface area contributed by atoms with Crippen LogP contribution < -0.4 is 0 Å². The molecule has 0 unspecified atom stereocenters. The van der Waals surface area contributed by atoms with Gasteiger partial charge in [0, 0.05) is 38.3 Å². The zero-order valence-electron chi connectivity index (χ0n) is 10.5. The number of rotatable bonds is 4. The summed E-state index contributed by atoms with van der Waals surface area (Å²) in [7, 11) is 1.64. The number of likely N-dealkylation sites (tertiary alicyclic amines) is 1. The molecule has 0 aromatic rings. The summed E-state index contributed by atoms with van der Waals surface area (Å²) in [5, 5.41) is 8.47. The predicted molar refractivity (Wildman–Crippen MR) is 62.5 cm³/mol. The van der Waals surface area contributed by atoms with E-state index < -0.39 is 5.97 Å². The van der Waals surface area contributed by atoms with Crippen molar-refractivity contribution in [3.05, 3.63) is 12.2 Å². The third-order valence-corrected chi connectivity index (χ3v) is 3.19. The summed E-state index contributed by atoms with van der Waals surface area (Å²) >= 11 is 0. The zero-order valence-corrected chi connectivity index (χ0v) is 10.5. The predicted octanol–water partition coefficient (Wildman–Crippen LogP) is 0.758. The number of carboxylic acid groups (broad SMARTS) is 1. The highest BCUT2D eigenvalue weighted by molar-refractivity contribution is 5.94. The quantitative estimate of drug-likeness (QED) is 0.738. The third kappa shape index (κ3) is 3.56. The van der Waals surface area contributed by atoms with Gasteiger partial charge < -0.3 is 14.7 Å². The van der Waals surface area contributed by atoms with E-state index in [9.17, 15) is 9.59 Å². The molecule has 1 atom stereocenters. The number of carbonyl (C=O) groups excluding carboxylic acids is 1. The molecule has 0 bridgehead atoms. The Labute approximate surface area is 101 Å². The van der Waals surface area contributed by atoms with Gasteiger partial charge in [0.15, 0.2) is 0 Å². The maximum atomic E-state index is 11.7. The number of carbonyl (C=O) groups is 2. The molecule has 17 heavy (non-hydrogen) atoms. The van der Waals surface area contributed by atoms with Crippen LogP contribution in [0.5, 0.6) is 0 Å². The smallest absolute Gasteiger partial charge is 0.328 e. The molecule has 0 aliphatic carbocycles. The van der Waals surface area contributed by atoms with Gasteiger partial charge in [-0.2, -0.15) is 0 Å². The molecule has 1 aliphatic rings. The second-order valence-corrected chi connectivity index (χ2v) is 5.03. The highest BCUT2D eigenvalue weighted by Gasteiger charge is 2.40. The molecule has 5 nitrogen and oxygen atoms in total. The molecule has 0 spiro atoms. The molecular weight excluding hydrogens is 222 g/mol. The number of hydrogen-bond donors (Lipinski definition) is 1. The largest absolute Gasteiger partial charge is 0.478 e. The maximum Gasteiger partial charge on any atom is 0.328 e. The molecule has 1 fully saturated rings. The number of aliphatic carboxylic acids is 1. The number of hydrogen-bond acceptors (Lipinski definition) is 3. The molecule has 1 N–H and O–H groups in total. The van der Waals surface area contributed by atoms with Gasteiger partial charge in [-0.15, -0.1) is 0 Å². The Morgan fingerprint density at radius 1 is 1.47 bits per heavy atom. The summed E-state index contributed by atoms with van der Waals surface area (Å²) in [5.41, 5.74) is 0.00271. The number of nitrogens with zero attached hydrogens (tertiary/aromatic N) is 1. The van der Waals surface area contributed by atoms with Crippen molar-refractivity contribution in [2.45, 2.75) is 13.8 Å². The van der Waals surface area contributed by atoms with Crippen molar-refractivity contribution in [1.29, 1.82) is 0 Å². The van der Waals surface area contributed by atoms with E-state index in [1.54, 1.807) is 12.0 Å². The molecule has 0 saturated carbocycles. The molecule has 0 radical (unpaired) electrons. The van der Waals surface area contributed by atoms with E-state index in [4.69, 9.17) is 9.84 Å². The maximum absolute atomic E-state index is 11.7. The fraction of sp³-hybridized carbons (Fsp3) is 0.667. The molecule has 5 heteroatoms. The Morgan fingerprint density at radius 2 is 2.12 bits per heavy atom. The van der Waals surface area contributed by atoms with Gasteiger partial charge in [0.05, 0.1) is 6.61 Å².